The van der Waals surface area contributed by atoms with E-state index in [-0.39, 0.29) is 17.4 Å². The number of halogens is 2. The zero-order chi connectivity index (χ0) is 13.8. The number of piperazine rings is 1. The number of hydrogen-bond acceptors (Lipinski definition) is 4. The van der Waals surface area contributed by atoms with Crippen LogP contribution < -0.4 is 0 Å². The molecular weight excluding hydrogens is 274 g/mol. The van der Waals surface area contributed by atoms with Gasteiger partial charge in [0.1, 0.15) is 5.76 Å². The zero-order valence-corrected chi connectivity index (χ0v) is 11.5. The van der Waals surface area contributed by atoms with Gasteiger partial charge in [-0.1, -0.05) is 11.8 Å². The van der Waals surface area contributed by atoms with Crippen molar-refractivity contribution in [2.75, 3.05) is 33.2 Å². The second kappa shape index (κ2) is 6.38. The summed E-state index contributed by atoms with van der Waals surface area (Å²) in [5, 5.41) is 0. The van der Waals surface area contributed by atoms with Crippen molar-refractivity contribution in [1.29, 1.82) is 0 Å². The van der Waals surface area contributed by atoms with Crippen LogP contribution in [0.3, 0.4) is 0 Å². The highest BCUT2D eigenvalue weighted by atomic mass is 32.2. The van der Waals surface area contributed by atoms with E-state index < -0.39 is 5.76 Å². The first-order chi connectivity index (χ1) is 9.06. The van der Waals surface area contributed by atoms with Crippen molar-refractivity contribution in [3.63, 3.8) is 0 Å². The van der Waals surface area contributed by atoms with Crippen LogP contribution >= 0.6 is 11.8 Å². The molecule has 0 radical (unpaired) electrons. The standard InChI is InChI=1S/C12H16F2N2O2S/c1-15-4-6-16(7-5-15)11(17)10-3-2-9(18-10)8-19-12(13)14/h2-3,12H,4-8H2,1H3. The van der Waals surface area contributed by atoms with Crippen LogP contribution in [0.4, 0.5) is 8.78 Å². The van der Waals surface area contributed by atoms with Crippen molar-refractivity contribution in [3.8, 4) is 0 Å². The summed E-state index contributed by atoms with van der Waals surface area (Å²) in [6.07, 6.45) is 0. The number of nitrogens with zero attached hydrogens (tertiary/aromatic N) is 2. The molecule has 106 valence electrons. The van der Waals surface area contributed by atoms with Gasteiger partial charge in [-0.15, -0.1) is 0 Å². The van der Waals surface area contributed by atoms with Crippen molar-refractivity contribution >= 4 is 17.7 Å². The summed E-state index contributed by atoms with van der Waals surface area (Å²) < 4.78 is 29.4. The second-order valence-corrected chi connectivity index (χ2v) is 5.41. The molecule has 0 spiro atoms. The summed E-state index contributed by atoms with van der Waals surface area (Å²) in [7, 11) is 2.01. The Morgan fingerprint density at radius 3 is 2.68 bits per heavy atom. The number of hydrogen-bond donors (Lipinski definition) is 0. The van der Waals surface area contributed by atoms with Crippen LogP contribution in [0.15, 0.2) is 16.5 Å². The molecule has 1 aromatic rings. The van der Waals surface area contributed by atoms with E-state index in [2.05, 4.69) is 4.90 Å². The van der Waals surface area contributed by atoms with Crippen LogP contribution in [-0.4, -0.2) is 54.7 Å². The van der Waals surface area contributed by atoms with E-state index in [0.29, 0.717) is 30.6 Å². The van der Waals surface area contributed by atoms with Gasteiger partial charge in [-0.05, 0) is 19.2 Å². The maximum Gasteiger partial charge on any atom is 0.289 e. The summed E-state index contributed by atoms with van der Waals surface area (Å²) in [5.74, 6) is -1.88. The molecule has 0 aromatic carbocycles. The molecule has 1 aliphatic rings. The lowest BCUT2D eigenvalue weighted by Crippen LogP contribution is -2.47. The molecule has 0 aliphatic carbocycles. The second-order valence-electron chi connectivity index (χ2n) is 4.43. The summed E-state index contributed by atoms with van der Waals surface area (Å²) in [6.45, 7) is 3.00. The van der Waals surface area contributed by atoms with Gasteiger partial charge >= 0.3 is 0 Å². The molecule has 4 nitrogen and oxygen atoms in total. The lowest BCUT2D eigenvalue weighted by atomic mass is 10.3. The molecule has 1 fully saturated rings. The Hall–Kier alpha value is -1.08. The van der Waals surface area contributed by atoms with Crippen molar-refractivity contribution in [3.05, 3.63) is 23.7 Å². The van der Waals surface area contributed by atoms with Gasteiger partial charge in [-0.3, -0.25) is 4.79 Å². The summed E-state index contributed by atoms with van der Waals surface area (Å²) in [4.78, 5) is 16.0. The van der Waals surface area contributed by atoms with Crippen molar-refractivity contribution < 1.29 is 18.0 Å². The van der Waals surface area contributed by atoms with Crippen molar-refractivity contribution in [1.82, 2.24) is 9.80 Å². The van der Waals surface area contributed by atoms with E-state index in [9.17, 15) is 13.6 Å². The minimum absolute atomic E-state index is 0.0771. The third-order valence-corrected chi connectivity index (χ3v) is 3.72. The van der Waals surface area contributed by atoms with Crippen LogP contribution in [0, 0.1) is 0 Å². The van der Waals surface area contributed by atoms with Gasteiger partial charge in [-0.2, -0.15) is 8.78 Å². The van der Waals surface area contributed by atoms with Crippen LogP contribution in [0.25, 0.3) is 0 Å². The van der Waals surface area contributed by atoms with Gasteiger partial charge in [0.05, 0.1) is 5.75 Å². The van der Waals surface area contributed by atoms with E-state index in [1.54, 1.807) is 17.0 Å². The SMILES string of the molecule is CN1CCN(C(=O)c2ccc(CSC(F)F)o2)CC1. The lowest BCUT2D eigenvalue weighted by Gasteiger charge is -2.31. The Morgan fingerprint density at radius 2 is 2.05 bits per heavy atom. The van der Waals surface area contributed by atoms with E-state index in [1.807, 2.05) is 7.05 Å². The average Bonchev–Trinajstić information content (AvgIpc) is 2.85. The van der Waals surface area contributed by atoms with Crippen LogP contribution in [0.5, 0.6) is 0 Å². The first kappa shape index (κ1) is 14.3. The summed E-state index contributed by atoms with van der Waals surface area (Å²) in [5.41, 5.74) is 0. The molecule has 1 amide bonds. The molecule has 1 saturated heterocycles. The smallest absolute Gasteiger partial charge is 0.289 e. The molecule has 2 heterocycles. The fraction of sp³-hybridized carbons (Fsp3) is 0.583. The molecule has 0 N–H and O–H groups in total. The molecule has 0 atom stereocenters. The molecular formula is C12H16F2N2O2S. The predicted octanol–water partition coefficient (Wildman–Crippen LogP) is 2.12. The third kappa shape index (κ3) is 3.94. The molecule has 0 unspecified atom stereocenters. The van der Waals surface area contributed by atoms with Crippen LogP contribution in [-0.2, 0) is 5.75 Å². The van der Waals surface area contributed by atoms with Gasteiger partial charge < -0.3 is 14.2 Å². The van der Waals surface area contributed by atoms with E-state index >= 15 is 0 Å². The Labute approximate surface area is 114 Å². The number of amides is 1. The number of furan rings is 1. The van der Waals surface area contributed by atoms with Crippen molar-refractivity contribution in [2.24, 2.45) is 0 Å². The quantitative estimate of drug-likeness (QED) is 0.851. The van der Waals surface area contributed by atoms with Gasteiger partial charge in [0.2, 0.25) is 0 Å². The number of thioether (sulfide) groups is 1. The van der Waals surface area contributed by atoms with Crippen LogP contribution in [0.2, 0.25) is 0 Å². The van der Waals surface area contributed by atoms with Gasteiger partial charge in [0, 0.05) is 26.2 Å². The van der Waals surface area contributed by atoms with Gasteiger partial charge in [-0.25, -0.2) is 0 Å². The Balaban J connectivity index is 1.92. The van der Waals surface area contributed by atoms with Crippen molar-refractivity contribution in [2.45, 2.75) is 11.5 Å². The lowest BCUT2D eigenvalue weighted by molar-refractivity contribution is 0.0631. The van der Waals surface area contributed by atoms with E-state index in [1.165, 1.54) is 0 Å². The Kier molecular flexibility index (Phi) is 4.81. The number of likely N-dealkylation sites (N-methyl/N-ethyl adjacent to an activating group) is 1. The normalized spacial score (nSPS) is 17.2. The fourth-order valence-corrected chi connectivity index (χ4v) is 2.33. The highest BCUT2D eigenvalue weighted by Gasteiger charge is 2.22. The Bertz CT molecular complexity index is 431. The molecule has 7 heteroatoms. The Morgan fingerprint density at radius 1 is 1.37 bits per heavy atom. The molecule has 19 heavy (non-hydrogen) atoms. The monoisotopic (exact) mass is 290 g/mol. The molecule has 0 bridgehead atoms. The average molecular weight is 290 g/mol. The molecule has 2 rings (SSSR count). The minimum Gasteiger partial charge on any atom is -0.455 e. The highest BCUT2D eigenvalue weighted by molar-refractivity contribution is 7.98. The first-order valence-corrected chi connectivity index (χ1v) is 7.07. The van der Waals surface area contributed by atoms with E-state index in [4.69, 9.17) is 4.42 Å². The highest BCUT2D eigenvalue weighted by Crippen LogP contribution is 2.21. The first-order valence-electron chi connectivity index (χ1n) is 6.02. The zero-order valence-electron chi connectivity index (χ0n) is 10.6. The number of alkyl halides is 2. The third-order valence-electron chi connectivity index (χ3n) is 3.01. The fourth-order valence-electron chi connectivity index (χ4n) is 1.88. The minimum atomic E-state index is -2.43. The number of carbonyl (C=O) groups excluding carboxylic acids is 1. The molecule has 1 aromatic heterocycles. The predicted molar refractivity (Wildman–Crippen MR) is 69.4 cm³/mol. The van der Waals surface area contributed by atoms with E-state index in [0.717, 1.165) is 13.1 Å². The molecule has 0 saturated carbocycles. The maximum absolute atomic E-state index is 12.1. The number of carbonyl (C=O) groups is 1. The maximum atomic E-state index is 12.1. The summed E-state index contributed by atoms with van der Waals surface area (Å²) in [6, 6.07) is 3.14. The number of rotatable bonds is 4. The van der Waals surface area contributed by atoms with Gasteiger partial charge in [0.25, 0.3) is 11.7 Å². The van der Waals surface area contributed by atoms with Crippen LogP contribution in [0.1, 0.15) is 16.3 Å². The molecule has 1 aliphatic heterocycles. The summed E-state index contributed by atoms with van der Waals surface area (Å²) >= 11 is 0.487. The topological polar surface area (TPSA) is 36.7 Å². The van der Waals surface area contributed by atoms with Gasteiger partial charge in [0.15, 0.2) is 5.76 Å². The largest absolute Gasteiger partial charge is 0.455 e.